The van der Waals surface area contributed by atoms with Gasteiger partial charge in [-0.25, -0.2) is 0 Å². The molecule has 0 amide bonds. The molecule has 1 fully saturated rings. The number of carbonyl (C=O) groups excluding carboxylic acids is 4. The highest BCUT2D eigenvalue weighted by Crippen LogP contribution is 2.34. The van der Waals surface area contributed by atoms with E-state index in [0.29, 0.717) is 5.75 Å². The molecule has 10 nitrogen and oxygen atoms in total. The van der Waals surface area contributed by atoms with E-state index >= 15 is 0 Å². The van der Waals surface area contributed by atoms with Gasteiger partial charge in [-0.2, -0.15) is 0 Å². The van der Waals surface area contributed by atoms with Gasteiger partial charge in [0, 0.05) is 27.7 Å². The molecular weight excluding hydrogens is 406 g/mol. The van der Waals surface area contributed by atoms with Gasteiger partial charge in [0.25, 0.3) is 0 Å². The zero-order valence-electron chi connectivity index (χ0n) is 17.3. The number of thioether (sulfide) groups is 1. The Morgan fingerprint density at radius 1 is 0.862 bits per heavy atom. The SMILES string of the molecule is CNCCCS[C@@H]1O[C@H](COC(C)=O)[C@@H](OC(C)=O)[C@H](OC(C)=O)[C@@H]1OC(C)=O. The topological polar surface area (TPSA) is 126 Å². The van der Waals surface area contributed by atoms with Crippen molar-refractivity contribution in [1.82, 2.24) is 5.32 Å². The number of ether oxygens (including phenoxy) is 5. The fourth-order valence-corrected chi connectivity index (χ4v) is 3.94. The van der Waals surface area contributed by atoms with E-state index in [0.717, 1.165) is 13.0 Å². The number of nitrogens with one attached hydrogen (secondary N) is 1. The van der Waals surface area contributed by atoms with E-state index in [-0.39, 0.29) is 6.61 Å². The van der Waals surface area contributed by atoms with Gasteiger partial charge >= 0.3 is 23.9 Å². The standard InChI is InChI=1S/C18H29NO9S/c1-10(20)24-9-14-15(25-11(2)21)16(26-12(3)22)17(27-13(4)23)18(28-14)29-8-6-7-19-5/h14-19H,6-9H2,1-5H3/t14-,15-,16+,17+,18+/m1/s1. The minimum Gasteiger partial charge on any atom is -0.463 e. The predicted molar refractivity (Wildman–Crippen MR) is 103 cm³/mol. The Bertz CT molecular complexity index is 586. The lowest BCUT2D eigenvalue weighted by atomic mass is 9.99. The highest BCUT2D eigenvalue weighted by atomic mass is 32.2. The molecule has 1 aliphatic heterocycles. The molecule has 1 aliphatic rings. The van der Waals surface area contributed by atoms with Crippen molar-refractivity contribution in [2.75, 3.05) is 26.0 Å². The van der Waals surface area contributed by atoms with Crippen molar-refractivity contribution in [1.29, 1.82) is 0 Å². The second-order valence-corrected chi connectivity index (χ2v) is 7.60. The van der Waals surface area contributed by atoms with Crippen LogP contribution in [0.5, 0.6) is 0 Å². The Morgan fingerprint density at radius 3 is 1.93 bits per heavy atom. The fraction of sp³-hybridized carbons (Fsp3) is 0.778. The highest BCUT2D eigenvalue weighted by molar-refractivity contribution is 7.99. The van der Waals surface area contributed by atoms with E-state index < -0.39 is 53.7 Å². The van der Waals surface area contributed by atoms with Crippen LogP contribution in [-0.2, 0) is 42.9 Å². The summed E-state index contributed by atoms with van der Waals surface area (Å²) in [5.41, 5.74) is -0.715. The van der Waals surface area contributed by atoms with Crippen LogP contribution in [-0.4, -0.2) is 79.7 Å². The van der Waals surface area contributed by atoms with Crippen molar-refractivity contribution < 1.29 is 42.9 Å². The third kappa shape index (κ3) is 9.01. The van der Waals surface area contributed by atoms with Gasteiger partial charge in [-0.15, -0.1) is 11.8 Å². The van der Waals surface area contributed by atoms with Crippen LogP contribution >= 0.6 is 11.8 Å². The maximum absolute atomic E-state index is 11.7. The molecule has 0 unspecified atom stereocenters. The molecule has 0 saturated carbocycles. The number of rotatable bonds is 10. The van der Waals surface area contributed by atoms with E-state index in [4.69, 9.17) is 23.7 Å². The second-order valence-electron chi connectivity index (χ2n) is 6.40. The minimum absolute atomic E-state index is 0.217. The van der Waals surface area contributed by atoms with E-state index in [2.05, 4.69) is 5.32 Å². The van der Waals surface area contributed by atoms with Crippen LogP contribution in [0.3, 0.4) is 0 Å². The Morgan fingerprint density at radius 2 is 1.41 bits per heavy atom. The third-order valence-corrected chi connectivity index (χ3v) is 5.03. The van der Waals surface area contributed by atoms with Gasteiger partial charge in [0.2, 0.25) is 0 Å². The fourth-order valence-electron chi connectivity index (χ4n) is 2.77. The van der Waals surface area contributed by atoms with E-state index in [9.17, 15) is 19.2 Å². The third-order valence-electron chi connectivity index (χ3n) is 3.80. The normalized spacial score (nSPS) is 26.3. The first kappa shape index (κ1) is 25.2. The Balaban J connectivity index is 3.17. The lowest BCUT2D eigenvalue weighted by molar-refractivity contribution is -0.237. The van der Waals surface area contributed by atoms with Crippen LogP contribution in [0.2, 0.25) is 0 Å². The summed E-state index contributed by atoms with van der Waals surface area (Å²) in [6, 6.07) is 0. The molecule has 0 aromatic heterocycles. The van der Waals surface area contributed by atoms with Crippen LogP contribution in [0, 0.1) is 0 Å². The monoisotopic (exact) mass is 435 g/mol. The summed E-state index contributed by atoms with van der Waals surface area (Å²) in [6.07, 6.45) is -3.33. The van der Waals surface area contributed by atoms with Gasteiger partial charge in [0.15, 0.2) is 18.3 Å². The quantitative estimate of drug-likeness (QED) is 0.291. The van der Waals surface area contributed by atoms with Gasteiger partial charge in [0.1, 0.15) is 18.1 Å². The number of carbonyl (C=O) groups is 4. The molecule has 1 saturated heterocycles. The average Bonchev–Trinajstić information content (AvgIpc) is 2.60. The Labute approximate surface area is 174 Å². The molecule has 11 heteroatoms. The maximum Gasteiger partial charge on any atom is 0.303 e. The summed E-state index contributed by atoms with van der Waals surface area (Å²) >= 11 is 1.37. The second kappa shape index (κ2) is 12.7. The first-order chi connectivity index (χ1) is 13.6. The molecule has 0 radical (unpaired) electrons. The summed E-state index contributed by atoms with van der Waals surface area (Å²) in [6.45, 7) is 5.40. The van der Waals surface area contributed by atoms with Crippen molar-refractivity contribution in [3.8, 4) is 0 Å². The van der Waals surface area contributed by atoms with Gasteiger partial charge in [-0.1, -0.05) is 0 Å². The summed E-state index contributed by atoms with van der Waals surface area (Å²) in [5, 5.41) is 3.03. The van der Waals surface area contributed by atoms with Crippen LogP contribution in [0.1, 0.15) is 34.1 Å². The smallest absolute Gasteiger partial charge is 0.303 e. The van der Waals surface area contributed by atoms with Gasteiger partial charge in [-0.05, 0) is 25.8 Å². The van der Waals surface area contributed by atoms with Crippen LogP contribution in [0.15, 0.2) is 0 Å². The summed E-state index contributed by atoms with van der Waals surface area (Å²) < 4.78 is 27.1. The molecule has 29 heavy (non-hydrogen) atoms. The number of hydrogen-bond donors (Lipinski definition) is 1. The average molecular weight is 435 g/mol. The Kier molecular flexibility index (Phi) is 11.0. The van der Waals surface area contributed by atoms with Crippen LogP contribution in [0.4, 0.5) is 0 Å². The molecule has 1 N–H and O–H groups in total. The maximum atomic E-state index is 11.7. The molecular formula is C18H29NO9S. The summed E-state index contributed by atoms with van der Waals surface area (Å²) in [5.74, 6) is -1.77. The predicted octanol–water partition coefficient (Wildman–Crippen LogP) is 0.412. The van der Waals surface area contributed by atoms with Gasteiger partial charge in [-0.3, -0.25) is 19.2 Å². The molecule has 5 atom stereocenters. The van der Waals surface area contributed by atoms with Crippen molar-refractivity contribution in [2.45, 2.75) is 64.0 Å². The summed E-state index contributed by atoms with van der Waals surface area (Å²) in [7, 11) is 1.83. The molecule has 1 rings (SSSR count). The van der Waals surface area contributed by atoms with Crippen LogP contribution < -0.4 is 5.32 Å². The summed E-state index contributed by atoms with van der Waals surface area (Å²) in [4.78, 5) is 46.3. The molecule has 0 aromatic rings. The first-order valence-electron chi connectivity index (χ1n) is 9.22. The van der Waals surface area contributed by atoms with Crippen molar-refractivity contribution in [2.24, 2.45) is 0 Å². The van der Waals surface area contributed by atoms with Crippen molar-refractivity contribution >= 4 is 35.6 Å². The van der Waals surface area contributed by atoms with Crippen molar-refractivity contribution in [3.63, 3.8) is 0 Å². The van der Waals surface area contributed by atoms with E-state index in [1.54, 1.807) is 0 Å². The molecule has 1 heterocycles. The minimum atomic E-state index is -1.12. The largest absolute Gasteiger partial charge is 0.463 e. The molecule has 166 valence electrons. The Hall–Kier alpha value is -1.85. The molecule has 0 aliphatic carbocycles. The lowest BCUT2D eigenvalue weighted by Crippen LogP contribution is -2.61. The highest BCUT2D eigenvalue weighted by Gasteiger charge is 2.52. The van der Waals surface area contributed by atoms with Gasteiger partial charge < -0.3 is 29.0 Å². The van der Waals surface area contributed by atoms with Crippen LogP contribution in [0.25, 0.3) is 0 Å². The lowest BCUT2D eigenvalue weighted by Gasteiger charge is -2.44. The number of esters is 4. The number of hydrogen-bond acceptors (Lipinski definition) is 11. The zero-order chi connectivity index (χ0) is 22.0. The van der Waals surface area contributed by atoms with E-state index in [1.807, 2.05) is 7.05 Å². The molecule has 0 bridgehead atoms. The molecule has 0 spiro atoms. The first-order valence-corrected chi connectivity index (χ1v) is 10.3. The molecule has 0 aromatic carbocycles. The van der Waals surface area contributed by atoms with Gasteiger partial charge in [0.05, 0.1) is 0 Å². The zero-order valence-corrected chi connectivity index (χ0v) is 18.1. The van der Waals surface area contributed by atoms with E-state index in [1.165, 1.54) is 39.5 Å². The van der Waals surface area contributed by atoms with Crippen molar-refractivity contribution in [3.05, 3.63) is 0 Å².